The summed E-state index contributed by atoms with van der Waals surface area (Å²) in [6.45, 7) is 9.83. The van der Waals surface area contributed by atoms with E-state index in [0.717, 1.165) is 39.1 Å². The van der Waals surface area contributed by atoms with Crippen molar-refractivity contribution in [3.63, 3.8) is 0 Å². The van der Waals surface area contributed by atoms with Gasteiger partial charge in [0, 0.05) is 20.3 Å². The molecule has 0 aliphatic carbocycles. The number of ether oxygens (including phenoxy) is 2. The molecule has 3 heteroatoms. The molecule has 0 bridgehead atoms. The monoisotopic (exact) mass is 293 g/mol. The molecule has 0 heterocycles. The molecule has 0 aliphatic heterocycles. The zero-order chi connectivity index (χ0) is 15.5. The molecule has 1 N–H and O–H groups in total. The van der Waals surface area contributed by atoms with Crippen molar-refractivity contribution in [3.05, 3.63) is 35.4 Å². The number of rotatable bonds is 11. The van der Waals surface area contributed by atoms with Gasteiger partial charge in [0.05, 0.1) is 12.7 Å². The maximum Gasteiger partial charge on any atom is 0.0587 e. The summed E-state index contributed by atoms with van der Waals surface area (Å²) in [5.74, 6) is 0.600. The first-order valence-electron chi connectivity index (χ1n) is 7.98. The fraction of sp³-hybridized carbons (Fsp3) is 0.667. The number of nitrogens with one attached hydrogen (secondary N) is 1. The summed E-state index contributed by atoms with van der Waals surface area (Å²) >= 11 is 0. The third-order valence-electron chi connectivity index (χ3n) is 3.54. The molecule has 120 valence electrons. The van der Waals surface area contributed by atoms with E-state index < -0.39 is 0 Å². The molecule has 0 amide bonds. The Labute approximate surface area is 130 Å². The predicted octanol–water partition coefficient (Wildman–Crippen LogP) is 3.20. The van der Waals surface area contributed by atoms with Crippen LogP contribution < -0.4 is 5.32 Å². The quantitative estimate of drug-likeness (QED) is 0.636. The molecule has 0 radical (unpaired) electrons. The molecule has 1 aromatic carbocycles. The van der Waals surface area contributed by atoms with Crippen molar-refractivity contribution in [2.24, 2.45) is 5.92 Å². The molecule has 0 saturated carbocycles. The third-order valence-corrected chi connectivity index (χ3v) is 3.54. The average molecular weight is 293 g/mol. The molecule has 0 fully saturated rings. The van der Waals surface area contributed by atoms with Crippen LogP contribution >= 0.6 is 0 Å². The maximum absolute atomic E-state index is 5.70. The molecular formula is C18H31NO2. The van der Waals surface area contributed by atoms with Gasteiger partial charge in [-0.25, -0.2) is 0 Å². The topological polar surface area (TPSA) is 30.5 Å². The Balaban J connectivity index is 2.43. The standard InChI is InChI=1S/C18H31NO2/c1-15(2)21-11-9-18(14-19-10-12-20-4)13-17-7-5-16(3)6-8-17/h5-8,15,18-19H,9-14H2,1-4H3. The molecule has 21 heavy (non-hydrogen) atoms. The molecule has 1 aromatic rings. The van der Waals surface area contributed by atoms with E-state index in [4.69, 9.17) is 9.47 Å². The van der Waals surface area contributed by atoms with Crippen molar-refractivity contribution in [1.29, 1.82) is 0 Å². The largest absolute Gasteiger partial charge is 0.383 e. The maximum atomic E-state index is 5.70. The molecule has 1 unspecified atom stereocenters. The molecule has 0 aliphatic rings. The van der Waals surface area contributed by atoms with Gasteiger partial charge in [-0.05, 0) is 51.6 Å². The van der Waals surface area contributed by atoms with E-state index >= 15 is 0 Å². The normalized spacial score (nSPS) is 12.8. The van der Waals surface area contributed by atoms with Gasteiger partial charge in [0.15, 0.2) is 0 Å². The lowest BCUT2D eigenvalue weighted by atomic mass is 9.96. The first-order valence-corrected chi connectivity index (χ1v) is 7.98. The van der Waals surface area contributed by atoms with Gasteiger partial charge in [0.2, 0.25) is 0 Å². The van der Waals surface area contributed by atoms with Gasteiger partial charge in [0.25, 0.3) is 0 Å². The predicted molar refractivity (Wildman–Crippen MR) is 88.8 cm³/mol. The number of aryl methyl sites for hydroxylation is 1. The smallest absolute Gasteiger partial charge is 0.0587 e. The van der Waals surface area contributed by atoms with Crippen LogP contribution in [-0.2, 0) is 15.9 Å². The van der Waals surface area contributed by atoms with Crippen LogP contribution in [0.1, 0.15) is 31.4 Å². The van der Waals surface area contributed by atoms with E-state index in [9.17, 15) is 0 Å². The summed E-state index contributed by atoms with van der Waals surface area (Å²) in [5.41, 5.74) is 2.72. The SMILES string of the molecule is COCCNCC(CCOC(C)C)Cc1ccc(C)cc1. The Morgan fingerprint density at radius 1 is 1.10 bits per heavy atom. The Kier molecular flexibility index (Phi) is 9.31. The zero-order valence-corrected chi connectivity index (χ0v) is 14.0. The summed E-state index contributed by atoms with van der Waals surface area (Å²) in [7, 11) is 1.74. The number of benzene rings is 1. The minimum atomic E-state index is 0.312. The first kappa shape index (κ1) is 18.1. The van der Waals surface area contributed by atoms with Crippen LogP contribution in [0.5, 0.6) is 0 Å². The van der Waals surface area contributed by atoms with Crippen molar-refractivity contribution in [1.82, 2.24) is 5.32 Å². The van der Waals surface area contributed by atoms with Gasteiger partial charge in [-0.1, -0.05) is 29.8 Å². The van der Waals surface area contributed by atoms with E-state index in [-0.39, 0.29) is 0 Å². The second-order valence-electron chi connectivity index (χ2n) is 5.96. The highest BCUT2D eigenvalue weighted by atomic mass is 16.5. The van der Waals surface area contributed by atoms with E-state index in [1.807, 2.05) is 0 Å². The van der Waals surface area contributed by atoms with Crippen LogP contribution in [0.3, 0.4) is 0 Å². The lowest BCUT2D eigenvalue weighted by molar-refractivity contribution is 0.0681. The van der Waals surface area contributed by atoms with Crippen molar-refractivity contribution >= 4 is 0 Å². The van der Waals surface area contributed by atoms with Crippen LogP contribution in [-0.4, -0.2) is 39.5 Å². The average Bonchev–Trinajstić information content (AvgIpc) is 2.45. The van der Waals surface area contributed by atoms with Crippen LogP contribution in [0, 0.1) is 12.8 Å². The molecule has 0 spiro atoms. The van der Waals surface area contributed by atoms with Crippen molar-refractivity contribution < 1.29 is 9.47 Å². The number of hydrogen-bond acceptors (Lipinski definition) is 3. The molecule has 1 rings (SSSR count). The van der Waals surface area contributed by atoms with Crippen LogP contribution in [0.4, 0.5) is 0 Å². The van der Waals surface area contributed by atoms with Crippen molar-refractivity contribution in [2.45, 2.75) is 39.7 Å². The highest BCUT2D eigenvalue weighted by Gasteiger charge is 2.10. The van der Waals surface area contributed by atoms with Crippen LogP contribution in [0.2, 0.25) is 0 Å². The van der Waals surface area contributed by atoms with Crippen LogP contribution in [0.15, 0.2) is 24.3 Å². The van der Waals surface area contributed by atoms with Crippen molar-refractivity contribution in [2.75, 3.05) is 33.4 Å². The minimum absolute atomic E-state index is 0.312. The minimum Gasteiger partial charge on any atom is -0.383 e. The number of methoxy groups -OCH3 is 1. The second kappa shape index (κ2) is 10.8. The zero-order valence-electron chi connectivity index (χ0n) is 14.0. The van der Waals surface area contributed by atoms with Gasteiger partial charge >= 0.3 is 0 Å². The Morgan fingerprint density at radius 2 is 1.81 bits per heavy atom. The summed E-state index contributed by atoms with van der Waals surface area (Å²) in [6, 6.07) is 8.85. The summed E-state index contributed by atoms with van der Waals surface area (Å²) in [6.07, 6.45) is 2.50. The van der Waals surface area contributed by atoms with E-state index in [0.29, 0.717) is 12.0 Å². The summed E-state index contributed by atoms with van der Waals surface area (Å²) in [4.78, 5) is 0. The molecular weight excluding hydrogens is 262 g/mol. The lowest BCUT2D eigenvalue weighted by Crippen LogP contribution is -2.28. The van der Waals surface area contributed by atoms with Gasteiger partial charge in [-0.2, -0.15) is 0 Å². The lowest BCUT2D eigenvalue weighted by Gasteiger charge is -2.19. The highest BCUT2D eigenvalue weighted by molar-refractivity contribution is 5.21. The second-order valence-corrected chi connectivity index (χ2v) is 5.96. The third kappa shape index (κ3) is 8.86. The first-order chi connectivity index (χ1) is 10.1. The summed E-state index contributed by atoms with van der Waals surface area (Å²) < 4.78 is 10.8. The highest BCUT2D eigenvalue weighted by Crippen LogP contribution is 2.13. The van der Waals surface area contributed by atoms with Gasteiger partial charge in [0.1, 0.15) is 0 Å². The fourth-order valence-corrected chi connectivity index (χ4v) is 2.28. The van der Waals surface area contributed by atoms with E-state index in [1.165, 1.54) is 11.1 Å². The fourth-order valence-electron chi connectivity index (χ4n) is 2.28. The molecule has 1 atom stereocenters. The Hall–Kier alpha value is -0.900. The molecule has 0 saturated heterocycles. The van der Waals surface area contributed by atoms with E-state index in [2.05, 4.69) is 50.4 Å². The van der Waals surface area contributed by atoms with Gasteiger partial charge in [-0.15, -0.1) is 0 Å². The van der Waals surface area contributed by atoms with E-state index in [1.54, 1.807) is 7.11 Å². The van der Waals surface area contributed by atoms with Crippen LogP contribution in [0.25, 0.3) is 0 Å². The van der Waals surface area contributed by atoms with Gasteiger partial charge in [-0.3, -0.25) is 0 Å². The Morgan fingerprint density at radius 3 is 2.43 bits per heavy atom. The molecule has 0 aromatic heterocycles. The Bertz CT molecular complexity index is 362. The molecule has 3 nitrogen and oxygen atoms in total. The number of hydrogen-bond donors (Lipinski definition) is 1. The van der Waals surface area contributed by atoms with Gasteiger partial charge < -0.3 is 14.8 Å². The van der Waals surface area contributed by atoms with Crippen molar-refractivity contribution in [3.8, 4) is 0 Å². The summed E-state index contributed by atoms with van der Waals surface area (Å²) in [5, 5.41) is 3.48.